The maximum absolute atomic E-state index is 12.1. The first-order chi connectivity index (χ1) is 9.33. The fourth-order valence-corrected chi connectivity index (χ4v) is 1.82. The molecule has 0 unspecified atom stereocenters. The molecule has 0 bridgehead atoms. The average Bonchev–Trinajstić information content (AvgIpc) is 2.48. The molecule has 4 heteroatoms. The zero-order valence-corrected chi connectivity index (χ0v) is 10.1. The number of nitrogens with one attached hydrogen (secondary N) is 1. The summed E-state index contributed by atoms with van der Waals surface area (Å²) in [4.78, 5) is 20.3. The zero-order chi connectivity index (χ0) is 13.1. The smallest absolute Gasteiger partial charge is 0.274 e. The number of benzene rings is 1. The second kappa shape index (κ2) is 4.86. The van der Waals surface area contributed by atoms with Gasteiger partial charge in [0, 0.05) is 11.6 Å². The van der Waals surface area contributed by atoms with E-state index in [0.29, 0.717) is 11.4 Å². The SMILES string of the molecule is O=C(Nc1cccnc1)c1ccc2ccccc2n1. The molecular weight excluding hydrogens is 238 g/mol. The summed E-state index contributed by atoms with van der Waals surface area (Å²) < 4.78 is 0. The molecular formula is C15H11N3O. The second-order valence-corrected chi connectivity index (χ2v) is 4.09. The van der Waals surface area contributed by atoms with Crippen molar-refractivity contribution in [3.05, 3.63) is 66.6 Å². The molecule has 0 aliphatic carbocycles. The van der Waals surface area contributed by atoms with Gasteiger partial charge in [0.25, 0.3) is 5.91 Å². The highest BCUT2D eigenvalue weighted by atomic mass is 16.1. The summed E-state index contributed by atoms with van der Waals surface area (Å²) in [5, 5.41) is 3.77. The Bertz CT molecular complexity index is 726. The van der Waals surface area contributed by atoms with Gasteiger partial charge in [-0.05, 0) is 24.3 Å². The number of nitrogens with zero attached hydrogens (tertiary/aromatic N) is 2. The van der Waals surface area contributed by atoms with E-state index in [1.807, 2.05) is 30.3 Å². The van der Waals surface area contributed by atoms with Crippen molar-refractivity contribution in [1.82, 2.24) is 9.97 Å². The molecule has 1 N–H and O–H groups in total. The van der Waals surface area contributed by atoms with Crippen molar-refractivity contribution >= 4 is 22.5 Å². The van der Waals surface area contributed by atoms with Crippen molar-refractivity contribution in [2.45, 2.75) is 0 Å². The Morgan fingerprint density at radius 2 is 1.89 bits per heavy atom. The topological polar surface area (TPSA) is 54.9 Å². The number of fused-ring (bicyclic) bond motifs is 1. The fraction of sp³-hybridized carbons (Fsp3) is 0. The largest absolute Gasteiger partial charge is 0.319 e. The van der Waals surface area contributed by atoms with Crippen LogP contribution in [0.5, 0.6) is 0 Å². The number of rotatable bonds is 2. The number of anilines is 1. The first kappa shape index (κ1) is 11.3. The summed E-state index contributed by atoms with van der Waals surface area (Å²) in [6.45, 7) is 0. The highest BCUT2D eigenvalue weighted by molar-refractivity contribution is 6.03. The Labute approximate surface area is 110 Å². The molecule has 2 heterocycles. The number of amides is 1. The number of hydrogen-bond acceptors (Lipinski definition) is 3. The number of carbonyl (C=O) groups excluding carboxylic acids is 1. The normalized spacial score (nSPS) is 10.3. The molecule has 0 radical (unpaired) electrons. The van der Waals surface area contributed by atoms with Crippen molar-refractivity contribution in [1.29, 1.82) is 0 Å². The molecule has 0 spiro atoms. The Hall–Kier alpha value is -2.75. The molecule has 4 nitrogen and oxygen atoms in total. The van der Waals surface area contributed by atoms with E-state index in [1.54, 1.807) is 30.6 Å². The van der Waals surface area contributed by atoms with Gasteiger partial charge in [-0.1, -0.05) is 24.3 Å². The molecule has 1 amide bonds. The average molecular weight is 249 g/mol. The summed E-state index contributed by atoms with van der Waals surface area (Å²) in [6.07, 6.45) is 3.25. The summed E-state index contributed by atoms with van der Waals surface area (Å²) in [5.74, 6) is -0.237. The third-order valence-electron chi connectivity index (χ3n) is 2.75. The lowest BCUT2D eigenvalue weighted by Crippen LogP contribution is -2.13. The summed E-state index contributed by atoms with van der Waals surface area (Å²) in [6, 6.07) is 14.8. The van der Waals surface area contributed by atoms with Crippen LogP contribution in [-0.2, 0) is 0 Å². The Morgan fingerprint density at radius 1 is 1.00 bits per heavy atom. The third-order valence-corrected chi connectivity index (χ3v) is 2.75. The standard InChI is InChI=1S/C15H11N3O/c19-15(17-12-5-3-9-16-10-12)14-8-7-11-4-1-2-6-13(11)18-14/h1-10H,(H,17,19). The van der Waals surface area contributed by atoms with Crippen LogP contribution in [0.15, 0.2) is 60.9 Å². The van der Waals surface area contributed by atoms with Crippen LogP contribution >= 0.6 is 0 Å². The Balaban J connectivity index is 1.89. The highest BCUT2D eigenvalue weighted by Gasteiger charge is 2.08. The van der Waals surface area contributed by atoms with Gasteiger partial charge in [-0.25, -0.2) is 4.98 Å². The molecule has 0 saturated heterocycles. The van der Waals surface area contributed by atoms with Crippen LogP contribution in [-0.4, -0.2) is 15.9 Å². The predicted octanol–water partition coefficient (Wildman–Crippen LogP) is 2.88. The summed E-state index contributed by atoms with van der Waals surface area (Å²) in [7, 11) is 0. The van der Waals surface area contributed by atoms with Gasteiger partial charge in [0.05, 0.1) is 17.4 Å². The van der Waals surface area contributed by atoms with Crippen LogP contribution in [0.2, 0.25) is 0 Å². The predicted molar refractivity (Wildman–Crippen MR) is 73.9 cm³/mol. The van der Waals surface area contributed by atoms with E-state index in [2.05, 4.69) is 15.3 Å². The summed E-state index contributed by atoms with van der Waals surface area (Å²) in [5.41, 5.74) is 1.85. The molecule has 3 aromatic rings. The van der Waals surface area contributed by atoms with Gasteiger partial charge in [0.2, 0.25) is 0 Å². The minimum atomic E-state index is -0.237. The first-order valence-electron chi connectivity index (χ1n) is 5.90. The quantitative estimate of drug-likeness (QED) is 0.759. The molecule has 0 aliphatic rings. The number of aromatic nitrogens is 2. The molecule has 0 aliphatic heterocycles. The lowest BCUT2D eigenvalue weighted by atomic mass is 10.2. The highest BCUT2D eigenvalue weighted by Crippen LogP contribution is 2.13. The maximum Gasteiger partial charge on any atom is 0.274 e. The molecule has 0 fully saturated rings. The van der Waals surface area contributed by atoms with Crippen molar-refractivity contribution in [3.8, 4) is 0 Å². The van der Waals surface area contributed by atoms with Gasteiger partial charge in [-0.3, -0.25) is 9.78 Å². The maximum atomic E-state index is 12.1. The van der Waals surface area contributed by atoms with E-state index >= 15 is 0 Å². The van der Waals surface area contributed by atoms with Crippen LogP contribution in [0.25, 0.3) is 10.9 Å². The van der Waals surface area contributed by atoms with E-state index in [9.17, 15) is 4.79 Å². The van der Waals surface area contributed by atoms with Crippen LogP contribution < -0.4 is 5.32 Å². The number of hydrogen-bond donors (Lipinski definition) is 1. The van der Waals surface area contributed by atoms with Crippen molar-refractivity contribution in [2.24, 2.45) is 0 Å². The van der Waals surface area contributed by atoms with Gasteiger partial charge in [0.1, 0.15) is 5.69 Å². The fourth-order valence-electron chi connectivity index (χ4n) is 1.82. The molecule has 2 aromatic heterocycles. The Kier molecular flexibility index (Phi) is 2.90. The zero-order valence-electron chi connectivity index (χ0n) is 10.1. The molecule has 0 atom stereocenters. The number of carbonyl (C=O) groups is 1. The van der Waals surface area contributed by atoms with E-state index in [-0.39, 0.29) is 5.91 Å². The third kappa shape index (κ3) is 2.42. The van der Waals surface area contributed by atoms with Crippen molar-refractivity contribution < 1.29 is 4.79 Å². The molecule has 1 aromatic carbocycles. The molecule has 0 saturated carbocycles. The van der Waals surface area contributed by atoms with Gasteiger partial charge in [-0.2, -0.15) is 0 Å². The van der Waals surface area contributed by atoms with E-state index < -0.39 is 0 Å². The van der Waals surface area contributed by atoms with Crippen molar-refractivity contribution in [2.75, 3.05) is 5.32 Å². The molecule has 19 heavy (non-hydrogen) atoms. The Morgan fingerprint density at radius 3 is 2.74 bits per heavy atom. The lowest BCUT2D eigenvalue weighted by molar-refractivity contribution is 0.102. The van der Waals surface area contributed by atoms with E-state index in [1.165, 1.54) is 0 Å². The van der Waals surface area contributed by atoms with E-state index in [4.69, 9.17) is 0 Å². The van der Waals surface area contributed by atoms with Gasteiger partial charge in [0.15, 0.2) is 0 Å². The van der Waals surface area contributed by atoms with Gasteiger partial charge in [-0.15, -0.1) is 0 Å². The molecule has 92 valence electrons. The van der Waals surface area contributed by atoms with Gasteiger partial charge < -0.3 is 5.32 Å². The van der Waals surface area contributed by atoms with Crippen molar-refractivity contribution in [3.63, 3.8) is 0 Å². The minimum Gasteiger partial charge on any atom is -0.319 e. The summed E-state index contributed by atoms with van der Waals surface area (Å²) >= 11 is 0. The van der Waals surface area contributed by atoms with Crippen LogP contribution in [0, 0.1) is 0 Å². The first-order valence-corrected chi connectivity index (χ1v) is 5.90. The molecule has 3 rings (SSSR count). The second-order valence-electron chi connectivity index (χ2n) is 4.09. The monoisotopic (exact) mass is 249 g/mol. The van der Waals surface area contributed by atoms with E-state index in [0.717, 1.165) is 10.9 Å². The van der Waals surface area contributed by atoms with Crippen LogP contribution in [0.4, 0.5) is 5.69 Å². The lowest BCUT2D eigenvalue weighted by Gasteiger charge is -2.04. The minimum absolute atomic E-state index is 0.237. The number of para-hydroxylation sites is 1. The van der Waals surface area contributed by atoms with Crippen LogP contribution in [0.3, 0.4) is 0 Å². The van der Waals surface area contributed by atoms with Crippen LogP contribution in [0.1, 0.15) is 10.5 Å². The van der Waals surface area contributed by atoms with Gasteiger partial charge >= 0.3 is 0 Å². The number of pyridine rings is 2.